The summed E-state index contributed by atoms with van der Waals surface area (Å²) in [4.78, 5) is 9.45. The molecule has 0 aliphatic heterocycles. The minimum atomic E-state index is -4.11. The maximum absolute atomic E-state index is 11.1. The van der Waals surface area contributed by atoms with Crippen LogP contribution in [0, 0.1) is 10.1 Å². The Morgan fingerprint density at radius 3 is 2.53 bits per heavy atom. The molecular weight excluding hydrogens is 248 g/mol. The summed E-state index contributed by atoms with van der Waals surface area (Å²) in [5.74, 6) is 0.284. The average Bonchev–Trinajstić information content (AvgIpc) is 2.99. The number of nitro benzene ring substituents is 1. The van der Waals surface area contributed by atoms with Gasteiger partial charge in [0.1, 0.15) is 5.75 Å². The molecule has 17 heavy (non-hydrogen) atoms. The Kier molecular flexibility index (Phi) is 2.76. The van der Waals surface area contributed by atoms with E-state index in [0.717, 1.165) is 25.0 Å². The van der Waals surface area contributed by atoms with Crippen LogP contribution >= 0.6 is 0 Å². The highest BCUT2D eigenvalue weighted by atomic mass is 32.2. The van der Waals surface area contributed by atoms with E-state index in [1.807, 2.05) is 0 Å². The van der Waals surface area contributed by atoms with Gasteiger partial charge in [0, 0.05) is 0 Å². The van der Waals surface area contributed by atoms with Gasteiger partial charge in [-0.1, -0.05) is 0 Å². The number of sulfonamides is 1. The van der Waals surface area contributed by atoms with E-state index in [1.54, 1.807) is 0 Å². The highest BCUT2D eigenvalue weighted by Gasteiger charge is 2.27. The molecule has 0 saturated heterocycles. The van der Waals surface area contributed by atoms with Crippen LogP contribution in [0.2, 0.25) is 0 Å². The summed E-state index contributed by atoms with van der Waals surface area (Å²) in [7, 11) is -4.11. The van der Waals surface area contributed by atoms with Crippen molar-refractivity contribution in [3.8, 4) is 5.75 Å². The second-order valence-electron chi connectivity index (χ2n) is 3.75. The topological polar surface area (TPSA) is 113 Å². The van der Waals surface area contributed by atoms with Crippen molar-refractivity contribution < 1.29 is 18.1 Å². The number of ether oxygens (including phenoxy) is 1. The predicted molar refractivity (Wildman–Crippen MR) is 58.1 cm³/mol. The molecule has 1 aliphatic carbocycles. The normalized spacial score (nSPS) is 15.6. The van der Waals surface area contributed by atoms with Crippen molar-refractivity contribution in [1.82, 2.24) is 0 Å². The van der Waals surface area contributed by atoms with Crippen molar-refractivity contribution >= 4 is 15.7 Å². The maximum atomic E-state index is 11.1. The molecule has 7 nitrogen and oxygen atoms in total. The number of hydrogen-bond acceptors (Lipinski definition) is 5. The van der Waals surface area contributed by atoms with E-state index in [1.165, 1.54) is 6.07 Å². The molecule has 92 valence electrons. The number of hydrogen-bond donors (Lipinski definition) is 1. The first kappa shape index (κ1) is 11.8. The zero-order valence-electron chi connectivity index (χ0n) is 8.70. The average molecular weight is 258 g/mol. The van der Waals surface area contributed by atoms with Crippen molar-refractivity contribution in [3.63, 3.8) is 0 Å². The molecule has 8 heteroatoms. The molecule has 1 fully saturated rings. The van der Waals surface area contributed by atoms with E-state index in [-0.39, 0.29) is 11.9 Å². The highest BCUT2D eigenvalue weighted by Crippen LogP contribution is 2.31. The van der Waals surface area contributed by atoms with Crippen LogP contribution in [-0.2, 0) is 10.0 Å². The van der Waals surface area contributed by atoms with E-state index in [2.05, 4.69) is 0 Å². The van der Waals surface area contributed by atoms with Crippen molar-refractivity contribution in [2.45, 2.75) is 23.8 Å². The number of primary sulfonamides is 1. The molecule has 0 bridgehead atoms. The van der Waals surface area contributed by atoms with Crippen LogP contribution in [0.15, 0.2) is 23.1 Å². The molecule has 0 atom stereocenters. The van der Waals surface area contributed by atoms with Crippen LogP contribution in [0.25, 0.3) is 0 Å². The van der Waals surface area contributed by atoms with Gasteiger partial charge in [-0.3, -0.25) is 10.1 Å². The molecule has 0 unspecified atom stereocenters. The summed E-state index contributed by atoms with van der Waals surface area (Å²) in [6.45, 7) is 0. The van der Waals surface area contributed by atoms with Gasteiger partial charge in [-0.15, -0.1) is 0 Å². The second-order valence-corrected chi connectivity index (χ2v) is 5.28. The number of nitrogens with zero attached hydrogens (tertiary/aromatic N) is 1. The molecule has 2 N–H and O–H groups in total. The lowest BCUT2D eigenvalue weighted by Crippen LogP contribution is -2.14. The molecular formula is C9H10N2O5S. The fourth-order valence-electron chi connectivity index (χ4n) is 1.33. The molecule has 1 aromatic carbocycles. The largest absolute Gasteiger partial charge is 0.490 e. The van der Waals surface area contributed by atoms with E-state index < -0.39 is 25.5 Å². The Balaban J connectivity index is 2.43. The van der Waals surface area contributed by atoms with Crippen molar-refractivity contribution in [2.75, 3.05) is 0 Å². The Labute approximate surface area is 97.4 Å². The van der Waals surface area contributed by atoms with Gasteiger partial charge < -0.3 is 4.74 Å². The van der Waals surface area contributed by atoms with Gasteiger partial charge >= 0.3 is 0 Å². The lowest BCUT2D eigenvalue weighted by Gasteiger charge is -2.05. The SMILES string of the molecule is NS(=O)(=O)c1ccc(OC2CC2)cc1[N+](=O)[O-]. The van der Waals surface area contributed by atoms with Crippen LogP contribution in [0.5, 0.6) is 5.75 Å². The van der Waals surface area contributed by atoms with Gasteiger partial charge in [-0.25, -0.2) is 13.6 Å². The zero-order valence-corrected chi connectivity index (χ0v) is 9.51. The molecule has 1 aliphatic rings. The van der Waals surface area contributed by atoms with Crippen LogP contribution in [0.3, 0.4) is 0 Å². The molecule has 0 aromatic heterocycles. The third kappa shape index (κ3) is 2.71. The Bertz CT molecular complexity index is 565. The Morgan fingerprint density at radius 1 is 1.41 bits per heavy atom. The summed E-state index contributed by atoms with van der Waals surface area (Å²) < 4.78 is 27.6. The summed E-state index contributed by atoms with van der Waals surface area (Å²) >= 11 is 0. The molecule has 1 saturated carbocycles. The smallest absolute Gasteiger partial charge is 0.293 e. The fraction of sp³-hybridized carbons (Fsp3) is 0.333. The zero-order chi connectivity index (χ0) is 12.6. The lowest BCUT2D eigenvalue weighted by atomic mass is 10.3. The minimum absolute atomic E-state index is 0.0786. The second kappa shape index (κ2) is 3.97. The van der Waals surface area contributed by atoms with Crippen LogP contribution in [-0.4, -0.2) is 19.4 Å². The monoisotopic (exact) mass is 258 g/mol. The quantitative estimate of drug-likeness (QED) is 0.633. The fourth-order valence-corrected chi connectivity index (χ4v) is 2.01. The van der Waals surface area contributed by atoms with Gasteiger partial charge in [-0.2, -0.15) is 0 Å². The Morgan fingerprint density at radius 2 is 2.06 bits per heavy atom. The first-order valence-corrected chi connectivity index (χ1v) is 6.40. The van der Waals surface area contributed by atoms with Gasteiger partial charge in [0.05, 0.1) is 17.1 Å². The van der Waals surface area contributed by atoms with E-state index in [4.69, 9.17) is 9.88 Å². The first-order valence-electron chi connectivity index (χ1n) is 4.86. The molecule has 0 amide bonds. The van der Waals surface area contributed by atoms with Crippen molar-refractivity contribution in [2.24, 2.45) is 5.14 Å². The third-order valence-corrected chi connectivity index (χ3v) is 3.22. The van der Waals surface area contributed by atoms with Crippen LogP contribution in [0.1, 0.15) is 12.8 Å². The summed E-state index contributed by atoms with van der Waals surface area (Å²) in [5, 5.41) is 15.6. The first-order chi connectivity index (χ1) is 7.88. The van der Waals surface area contributed by atoms with Crippen molar-refractivity contribution in [1.29, 1.82) is 0 Å². The Hall–Kier alpha value is -1.67. The predicted octanol–water partition coefficient (Wildman–Crippen LogP) is 0.783. The number of nitrogens with two attached hydrogens (primary N) is 1. The van der Waals surface area contributed by atoms with Gasteiger partial charge in [-0.05, 0) is 25.0 Å². The molecule has 0 spiro atoms. The van der Waals surface area contributed by atoms with Gasteiger partial charge in [0.25, 0.3) is 5.69 Å². The minimum Gasteiger partial charge on any atom is -0.490 e. The summed E-state index contributed by atoms with van der Waals surface area (Å²) in [5.41, 5.74) is -0.564. The summed E-state index contributed by atoms with van der Waals surface area (Å²) in [6, 6.07) is 3.54. The maximum Gasteiger partial charge on any atom is 0.293 e. The molecule has 1 aromatic rings. The number of benzene rings is 1. The van der Waals surface area contributed by atoms with Gasteiger partial charge in [0.15, 0.2) is 4.90 Å². The molecule has 0 heterocycles. The molecule has 0 radical (unpaired) electrons. The van der Waals surface area contributed by atoms with Crippen molar-refractivity contribution in [3.05, 3.63) is 28.3 Å². The lowest BCUT2D eigenvalue weighted by molar-refractivity contribution is -0.387. The third-order valence-electron chi connectivity index (χ3n) is 2.26. The van der Waals surface area contributed by atoms with E-state index in [9.17, 15) is 18.5 Å². The van der Waals surface area contributed by atoms with E-state index >= 15 is 0 Å². The van der Waals surface area contributed by atoms with Crippen LogP contribution < -0.4 is 9.88 Å². The van der Waals surface area contributed by atoms with E-state index in [0.29, 0.717) is 0 Å². The number of rotatable bonds is 4. The standard InChI is InChI=1S/C9H10N2O5S/c10-17(14,15)9-4-3-7(16-6-1-2-6)5-8(9)11(12)13/h3-6H,1-2H2,(H2,10,14,15). The van der Waals surface area contributed by atoms with Gasteiger partial charge in [0.2, 0.25) is 10.0 Å². The number of nitro groups is 1. The van der Waals surface area contributed by atoms with Crippen LogP contribution in [0.4, 0.5) is 5.69 Å². The summed E-state index contributed by atoms with van der Waals surface area (Å²) in [6.07, 6.45) is 1.89. The molecule has 2 rings (SSSR count). The highest BCUT2D eigenvalue weighted by molar-refractivity contribution is 7.89.